The van der Waals surface area contributed by atoms with Crippen LogP contribution in [0.15, 0.2) is 36.4 Å². The van der Waals surface area contributed by atoms with E-state index in [2.05, 4.69) is 37.1 Å². The van der Waals surface area contributed by atoms with Gasteiger partial charge in [0.1, 0.15) is 5.82 Å². The van der Waals surface area contributed by atoms with E-state index in [-0.39, 0.29) is 0 Å². The zero-order chi connectivity index (χ0) is 12.3. The number of para-hydroxylation sites is 1. The number of hydrogen-bond acceptors (Lipinski definition) is 2. The normalized spacial score (nSPS) is 10.3. The second-order valence-electron chi connectivity index (χ2n) is 4.26. The van der Waals surface area contributed by atoms with Crippen LogP contribution in [0.2, 0.25) is 0 Å². The second-order valence-corrected chi connectivity index (χ2v) is 4.26. The summed E-state index contributed by atoms with van der Waals surface area (Å²) >= 11 is 0. The number of aryl methyl sites for hydroxylation is 3. The Morgan fingerprint density at radius 3 is 2.41 bits per heavy atom. The highest BCUT2D eigenvalue weighted by molar-refractivity contribution is 5.59. The largest absolute Gasteiger partial charge is 0.340 e. The Morgan fingerprint density at radius 2 is 1.76 bits per heavy atom. The van der Waals surface area contributed by atoms with Crippen molar-refractivity contribution in [2.45, 2.75) is 27.2 Å². The standard InChI is InChI=1S/C15H18N2/c1-4-14-11(2)10-12(3)15(17-14)16-13-8-6-5-7-9-13/h5-10H,4H2,1-3H3,(H,16,17). The van der Waals surface area contributed by atoms with Crippen molar-refractivity contribution in [1.82, 2.24) is 4.98 Å². The fourth-order valence-electron chi connectivity index (χ4n) is 1.93. The van der Waals surface area contributed by atoms with Gasteiger partial charge in [-0.15, -0.1) is 0 Å². The van der Waals surface area contributed by atoms with E-state index < -0.39 is 0 Å². The zero-order valence-corrected chi connectivity index (χ0v) is 10.6. The Labute approximate surface area is 103 Å². The van der Waals surface area contributed by atoms with E-state index in [0.29, 0.717) is 0 Å². The van der Waals surface area contributed by atoms with E-state index in [1.54, 1.807) is 0 Å². The van der Waals surface area contributed by atoms with Gasteiger partial charge >= 0.3 is 0 Å². The van der Waals surface area contributed by atoms with Crippen LogP contribution < -0.4 is 5.32 Å². The molecule has 1 N–H and O–H groups in total. The third-order valence-corrected chi connectivity index (χ3v) is 2.88. The highest BCUT2D eigenvalue weighted by atomic mass is 15.0. The Bertz CT molecular complexity index is 504. The summed E-state index contributed by atoms with van der Waals surface area (Å²) < 4.78 is 0. The Kier molecular flexibility index (Phi) is 3.43. The molecular weight excluding hydrogens is 208 g/mol. The molecule has 88 valence electrons. The Morgan fingerprint density at radius 1 is 1.06 bits per heavy atom. The van der Waals surface area contributed by atoms with Crippen LogP contribution >= 0.6 is 0 Å². The van der Waals surface area contributed by atoms with Crippen LogP contribution in [0.5, 0.6) is 0 Å². The van der Waals surface area contributed by atoms with Crippen LogP contribution in [-0.2, 0) is 6.42 Å². The number of rotatable bonds is 3. The molecule has 2 aromatic rings. The minimum Gasteiger partial charge on any atom is -0.340 e. The van der Waals surface area contributed by atoms with E-state index in [9.17, 15) is 0 Å². The first-order valence-corrected chi connectivity index (χ1v) is 6.00. The molecule has 2 nitrogen and oxygen atoms in total. The molecule has 0 aliphatic rings. The zero-order valence-electron chi connectivity index (χ0n) is 10.6. The topological polar surface area (TPSA) is 24.9 Å². The second kappa shape index (κ2) is 5.00. The van der Waals surface area contributed by atoms with Gasteiger partial charge in [0, 0.05) is 11.4 Å². The third kappa shape index (κ3) is 2.64. The molecule has 0 saturated heterocycles. The van der Waals surface area contributed by atoms with Crippen molar-refractivity contribution in [3.05, 3.63) is 53.2 Å². The van der Waals surface area contributed by atoms with Gasteiger partial charge in [-0.2, -0.15) is 0 Å². The molecule has 2 rings (SSSR count). The van der Waals surface area contributed by atoms with E-state index in [0.717, 1.165) is 23.6 Å². The van der Waals surface area contributed by atoms with Crippen molar-refractivity contribution in [1.29, 1.82) is 0 Å². The average Bonchev–Trinajstić information content (AvgIpc) is 2.34. The van der Waals surface area contributed by atoms with E-state index in [1.165, 1.54) is 11.1 Å². The van der Waals surface area contributed by atoms with Crippen LogP contribution in [-0.4, -0.2) is 4.98 Å². The predicted octanol–water partition coefficient (Wildman–Crippen LogP) is 4.00. The van der Waals surface area contributed by atoms with Crippen LogP contribution in [0.25, 0.3) is 0 Å². The molecule has 0 aliphatic carbocycles. The van der Waals surface area contributed by atoms with E-state index >= 15 is 0 Å². The molecule has 0 saturated carbocycles. The quantitative estimate of drug-likeness (QED) is 0.855. The minimum absolute atomic E-state index is 0.957. The Hall–Kier alpha value is -1.83. The molecule has 0 fully saturated rings. The number of hydrogen-bond donors (Lipinski definition) is 1. The smallest absolute Gasteiger partial charge is 0.133 e. The molecule has 1 aromatic heterocycles. The van der Waals surface area contributed by atoms with Gasteiger partial charge in [-0.05, 0) is 43.5 Å². The lowest BCUT2D eigenvalue weighted by Crippen LogP contribution is -2.01. The minimum atomic E-state index is 0.957. The van der Waals surface area contributed by atoms with Crippen molar-refractivity contribution in [2.24, 2.45) is 0 Å². The summed E-state index contributed by atoms with van der Waals surface area (Å²) in [5.74, 6) is 0.957. The van der Waals surface area contributed by atoms with E-state index in [4.69, 9.17) is 0 Å². The van der Waals surface area contributed by atoms with Crippen molar-refractivity contribution < 1.29 is 0 Å². The fourth-order valence-corrected chi connectivity index (χ4v) is 1.93. The molecule has 0 bridgehead atoms. The lowest BCUT2D eigenvalue weighted by molar-refractivity contribution is 1.00. The van der Waals surface area contributed by atoms with Gasteiger partial charge in [-0.25, -0.2) is 4.98 Å². The molecule has 0 radical (unpaired) electrons. The Balaban J connectivity index is 2.33. The summed E-state index contributed by atoms with van der Waals surface area (Å²) in [6.07, 6.45) is 0.968. The van der Waals surface area contributed by atoms with Crippen molar-refractivity contribution in [2.75, 3.05) is 5.32 Å². The first-order chi connectivity index (χ1) is 8.20. The fraction of sp³-hybridized carbons (Fsp3) is 0.267. The van der Waals surface area contributed by atoms with Crippen molar-refractivity contribution in [3.8, 4) is 0 Å². The number of nitrogens with one attached hydrogen (secondary N) is 1. The summed E-state index contributed by atoms with van der Waals surface area (Å²) in [4.78, 5) is 4.67. The number of nitrogens with zero attached hydrogens (tertiary/aromatic N) is 1. The van der Waals surface area contributed by atoms with Gasteiger partial charge < -0.3 is 5.32 Å². The molecule has 0 aliphatic heterocycles. The molecule has 0 unspecified atom stereocenters. The van der Waals surface area contributed by atoms with Gasteiger partial charge in [0.2, 0.25) is 0 Å². The third-order valence-electron chi connectivity index (χ3n) is 2.88. The first kappa shape index (κ1) is 11.6. The maximum atomic E-state index is 4.67. The summed E-state index contributed by atoms with van der Waals surface area (Å²) in [7, 11) is 0. The van der Waals surface area contributed by atoms with E-state index in [1.807, 2.05) is 30.3 Å². The molecule has 1 aromatic carbocycles. The van der Waals surface area contributed by atoms with Crippen LogP contribution in [0, 0.1) is 13.8 Å². The molecular formula is C15H18N2. The number of anilines is 2. The number of benzene rings is 1. The monoisotopic (exact) mass is 226 g/mol. The van der Waals surface area contributed by atoms with Crippen LogP contribution in [0.4, 0.5) is 11.5 Å². The van der Waals surface area contributed by atoms with Gasteiger partial charge in [0.25, 0.3) is 0 Å². The lowest BCUT2D eigenvalue weighted by atomic mass is 10.1. The average molecular weight is 226 g/mol. The number of pyridine rings is 1. The van der Waals surface area contributed by atoms with Crippen LogP contribution in [0.3, 0.4) is 0 Å². The lowest BCUT2D eigenvalue weighted by Gasteiger charge is -2.12. The van der Waals surface area contributed by atoms with Crippen LogP contribution in [0.1, 0.15) is 23.7 Å². The maximum Gasteiger partial charge on any atom is 0.133 e. The summed E-state index contributed by atoms with van der Waals surface area (Å²) in [5, 5.41) is 3.36. The predicted molar refractivity (Wildman–Crippen MR) is 72.8 cm³/mol. The molecule has 0 spiro atoms. The highest BCUT2D eigenvalue weighted by Crippen LogP contribution is 2.20. The van der Waals surface area contributed by atoms with Crippen molar-refractivity contribution in [3.63, 3.8) is 0 Å². The molecule has 0 amide bonds. The summed E-state index contributed by atoms with van der Waals surface area (Å²) in [6.45, 7) is 6.34. The summed E-state index contributed by atoms with van der Waals surface area (Å²) in [5.41, 5.74) is 4.69. The molecule has 17 heavy (non-hydrogen) atoms. The van der Waals surface area contributed by atoms with Gasteiger partial charge in [0.05, 0.1) is 0 Å². The SMILES string of the molecule is CCc1nc(Nc2ccccc2)c(C)cc1C. The molecule has 0 atom stereocenters. The first-order valence-electron chi connectivity index (χ1n) is 6.00. The summed E-state index contributed by atoms with van der Waals surface area (Å²) in [6, 6.07) is 12.3. The van der Waals surface area contributed by atoms with Gasteiger partial charge in [0.15, 0.2) is 0 Å². The molecule has 1 heterocycles. The van der Waals surface area contributed by atoms with Crippen molar-refractivity contribution >= 4 is 11.5 Å². The highest BCUT2D eigenvalue weighted by Gasteiger charge is 2.05. The van der Waals surface area contributed by atoms with Gasteiger partial charge in [-0.3, -0.25) is 0 Å². The number of aromatic nitrogens is 1. The molecule has 2 heteroatoms. The van der Waals surface area contributed by atoms with Gasteiger partial charge in [-0.1, -0.05) is 31.2 Å². The maximum absolute atomic E-state index is 4.67.